The van der Waals surface area contributed by atoms with Crippen LogP contribution in [0.5, 0.6) is 0 Å². The van der Waals surface area contributed by atoms with E-state index < -0.39 is 0 Å². The Kier molecular flexibility index (Phi) is 5.11. The zero-order valence-electron chi connectivity index (χ0n) is 12.2. The highest BCUT2D eigenvalue weighted by Crippen LogP contribution is 2.30. The van der Waals surface area contributed by atoms with Crippen molar-refractivity contribution < 1.29 is 9.21 Å². The smallest absolute Gasteiger partial charge is 0.221 e. The number of carbonyl (C=O) groups is 1. The molecule has 1 aromatic heterocycles. The van der Waals surface area contributed by atoms with Gasteiger partial charge in [0.15, 0.2) is 0 Å². The van der Waals surface area contributed by atoms with Crippen molar-refractivity contribution in [3.63, 3.8) is 0 Å². The molecule has 1 aromatic carbocycles. The third-order valence-corrected chi connectivity index (χ3v) is 5.06. The second kappa shape index (κ2) is 7.25. The van der Waals surface area contributed by atoms with Crippen molar-refractivity contribution in [2.24, 2.45) is 0 Å². The van der Waals surface area contributed by atoms with Crippen molar-refractivity contribution in [1.82, 2.24) is 5.32 Å². The number of hydrogen-bond acceptors (Lipinski definition) is 3. The Hall–Kier alpha value is -1.39. The van der Waals surface area contributed by atoms with Gasteiger partial charge < -0.3 is 9.73 Å². The highest BCUT2D eigenvalue weighted by Gasteiger charge is 2.23. The minimum atomic E-state index is 0.0977. The van der Waals surface area contributed by atoms with Crippen LogP contribution in [0.4, 0.5) is 0 Å². The zero-order chi connectivity index (χ0) is 15.4. The molecule has 3 rings (SSSR count). The SMILES string of the molecule is O=C(CCSc1ccc(Cl)cc1)NC1CCCc2occc21. The van der Waals surface area contributed by atoms with E-state index in [2.05, 4.69) is 5.32 Å². The maximum absolute atomic E-state index is 12.1. The molecule has 0 saturated heterocycles. The van der Waals surface area contributed by atoms with E-state index in [-0.39, 0.29) is 11.9 Å². The van der Waals surface area contributed by atoms with Gasteiger partial charge in [-0.25, -0.2) is 0 Å². The number of aryl methyl sites for hydroxylation is 1. The Morgan fingerprint density at radius 1 is 1.32 bits per heavy atom. The van der Waals surface area contributed by atoms with Gasteiger partial charge in [0.1, 0.15) is 5.76 Å². The summed E-state index contributed by atoms with van der Waals surface area (Å²) >= 11 is 7.52. The Morgan fingerprint density at radius 2 is 2.14 bits per heavy atom. The number of benzene rings is 1. The summed E-state index contributed by atoms with van der Waals surface area (Å²) in [6.07, 6.45) is 5.25. The minimum absolute atomic E-state index is 0.0977. The van der Waals surface area contributed by atoms with Gasteiger partial charge in [0, 0.05) is 34.1 Å². The Labute approximate surface area is 139 Å². The van der Waals surface area contributed by atoms with Crippen molar-refractivity contribution in [1.29, 1.82) is 0 Å². The molecular weight excluding hydrogens is 318 g/mol. The predicted octanol–water partition coefficient (Wildman–Crippen LogP) is 4.61. The maximum Gasteiger partial charge on any atom is 0.221 e. The zero-order valence-corrected chi connectivity index (χ0v) is 13.8. The average molecular weight is 336 g/mol. The van der Waals surface area contributed by atoms with Crippen molar-refractivity contribution in [3.8, 4) is 0 Å². The second-order valence-corrected chi connectivity index (χ2v) is 6.97. The van der Waals surface area contributed by atoms with Crippen molar-refractivity contribution >= 4 is 29.3 Å². The second-order valence-electron chi connectivity index (χ2n) is 5.36. The summed E-state index contributed by atoms with van der Waals surface area (Å²) in [5.74, 6) is 1.88. The molecule has 2 aromatic rings. The van der Waals surface area contributed by atoms with E-state index in [9.17, 15) is 4.79 Å². The van der Waals surface area contributed by atoms with Crippen LogP contribution < -0.4 is 5.32 Å². The predicted molar refractivity (Wildman–Crippen MR) is 89.3 cm³/mol. The lowest BCUT2D eigenvalue weighted by atomic mass is 9.93. The lowest BCUT2D eigenvalue weighted by Gasteiger charge is -2.22. The molecule has 5 heteroatoms. The van der Waals surface area contributed by atoms with E-state index in [1.165, 1.54) is 0 Å². The van der Waals surface area contributed by atoms with Gasteiger partial charge in [0.2, 0.25) is 5.91 Å². The van der Waals surface area contributed by atoms with E-state index in [4.69, 9.17) is 16.0 Å². The lowest BCUT2D eigenvalue weighted by Crippen LogP contribution is -2.30. The molecule has 1 heterocycles. The third-order valence-electron chi connectivity index (χ3n) is 3.80. The number of carbonyl (C=O) groups excluding carboxylic acids is 1. The number of nitrogens with one attached hydrogen (secondary N) is 1. The molecule has 0 fully saturated rings. The molecule has 116 valence electrons. The number of amides is 1. The fourth-order valence-electron chi connectivity index (χ4n) is 2.70. The van der Waals surface area contributed by atoms with Gasteiger partial charge >= 0.3 is 0 Å². The highest BCUT2D eigenvalue weighted by molar-refractivity contribution is 7.99. The fraction of sp³-hybridized carbons (Fsp3) is 0.353. The minimum Gasteiger partial charge on any atom is -0.469 e. The number of fused-ring (bicyclic) bond motifs is 1. The molecule has 0 radical (unpaired) electrons. The monoisotopic (exact) mass is 335 g/mol. The molecule has 1 aliphatic carbocycles. The van der Waals surface area contributed by atoms with Crippen LogP contribution in [-0.4, -0.2) is 11.7 Å². The Balaban J connectivity index is 1.46. The van der Waals surface area contributed by atoms with Crippen molar-refractivity contribution in [2.75, 3.05) is 5.75 Å². The van der Waals surface area contributed by atoms with Gasteiger partial charge in [-0.3, -0.25) is 4.79 Å². The third kappa shape index (κ3) is 3.87. The number of rotatable bonds is 5. The molecular formula is C17H18ClNO2S. The molecule has 0 spiro atoms. The van der Waals surface area contributed by atoms with E-state index >= 15 is 0 Å². The number of thioether (sulfide) groups is 1. The summed E-state index contributed by atoms with van der Waals surface area (Å²) in [4.78, 5) is 13.2. The average Bonchev–Trinajstić information content (AvgIpc) is 2.99. The summed E-state index contributed by atoms with van der Waals surface area (Å²) in [6, 6.07) is 9.77. The summed E-state index contributed by atoms with van der Waals surface area (Å²) in [7, 11) is 0. The maximum atomic E-state index is 12.1. The molecule has 0 saturated carbocycles. The molecule has 1 unspecified atom stereocenters. The van der Waals surface area contributed by atoms with Gasteiger partial charge in [-0.2, -0.15) is 0 Å². The first-order valence-electron chi connectivity index (χ1n) is 7.46. The van der Waals surface area contributed by atoms with E-state index in [0.29, 0.717) is 6.42 Å². The van der Waals surface area contributed by atoms with Crippen LogP contribution in [-0.2, 0) is 11.2 Å². The molecule has 1 amide bonds. The fourth-order valence-corrected chi connectivity index (χ4v) is 3.67. The first kappa shape index (κ1) is 15.5. The quantitative estimate of drug-likeness (QED) is 0.811. The topological polar surface area (TPSA) is 42.2 Å². The molecule has 0 bridgehead atoms. The van der Waals surface area contributed by atoms with Crippen molar-refractivity contribution in [3.05, 3.63) is 52.9 Å². The van der Waals surface area contributed by atoms with Gasteiger partial charge in [0.05, 0.1) is 12.3 Å². The van der Waals surface area contributed by atoms with Crippen LogP contribution >= 0.6 is 23.4 Å². The lowest BCUT2D eigenvalue weighted by molar-refractivity contribution is -0.121. The van der Waals surface area contributed by atoms with E-state index in [0.717, 1.165) is 46.3 Å². The van der Waals surface area contributed by atoms with Crippen LogP contribution in [0.25, 0.3) is 0 Å². The van der Waals surface area contributed by atoms with Crippen molar-refractivity contribution in [2.45, 2.75) is 36.6 Å². The summed E-state index contributed by atoms with van der Waals surface area (Å²) < 4.78 is 5.45. The van der Waals surface area contributed by atoms with Crippen LogP contribution in [0, 0.1) is 0 Å². The first-order chi connectivity index (χ1) is 10.7. The van der Waals surface area contributed by atoms with Gasteiger partial charge in [0.25, 0.3) is 0 Å². The Morgan fingerprint density at radius 3 is 2.95 bits per heavy atom. The van der Waals surface area contributed by atoms with Crippen LogP contribution in [0.3, 0.4) is 0 Å². The van der Waals surface area contributed by atoms with Crippen LogP contribution in [0.1, 0.15) is 36.6 Å². The van der Waals surface area contributed by atoms with Gasteiger partial charge in [-0.05, 0) is 43.2 Å². The van der Waals surface area contributed by atoms with Crippen LogP contribution in [0.15, 0.2) is 45.9 Å². The number of halogens is 1. The molecule has 1 aliphatic rings. The number of furan rings is 1. The molecule has 3 nitrogen and oxygen atoms in total. The number of hydrogen-bond donors (Lipinski definition) is 1. The first-order valence-corrected chi connectivity index (χ1v) is 8.83. The molecule has 1 atom stereocenters. The van der Waals surface area contributed by atoms with E-state index in [1.54, 1.807) is 18.0 Å². The standard InChI is InChI=1S/C17H18ClNO2S/c18-12-4-6-13(7-5-12)22-11-9-17(20)19-15-2-1-3-16-14(15)8-10-21-16/h4-8,10,15H,1-3,9,11H2,(H,19,20). The molecule has 1 N–H and O–H groups in total. The summed E-state index contributed by atoms with van der Waals surface area (Å²) in [6.45, 7) is 0. The Bertz CT molecular complexity index is 638. The highest BCUT2D eigenvalue weighted by atomic mass is 35.5. The van der Waals surface area contributed by atoms with Gasteiger partial charge in [-0.15, -0.1) is 11.8 Å². The summed E-state index contributed by atoms with van der Waals surface area (Å²) in [5, 5.41) is 3.85. The van der Waals surface area contributed by atoms with Crippen LogP contribution in [0.2, 0.25) is 5.02 Å². The molecule has 0 aliphatic heterocycles. The normalized spacial score (nSPS) is 17.0. The summed E-state index contributed by atoms with van der Waals surface area (Å²) in [5.41, 5.74) is 1.14. The van der Waals surface area contributed by atoms with E-state index in [1.807, 2.05) is 30.3 Å². The largest absolute Gasteiger partial charge is 0.469 e. The van der Waals surface area contributed by atoms with Gasteiger partial charge in [-0.1, -0.05) is 11.6 Å². The molecule has 22 heavy (non-hydrogen) atoms.